The molecular formula is C52H60N2O16. The highest BCUT2D eigenvalue weighted by molar-refractivity contribution is 5.96. The highest BCUT2D eigenvalue weighted by Gasteiger charge is 2.78. The maximum absolute atomic E-state index is 15.9. The Kier molecular flexibility index (Phi) is 14.2. The van der Waals surface area contributed by atoms with Crippen molar-refractivity contribution in [3.05, 3.63) is 119 Å². The van der Waals surface area contributed by atoms with E-state index in [1.54, 1.807) is 99.6 Å². The van der Waals surface area contributed by atoms with Gasteiger partial charge in [-0.05, 0) is 75.6 Å². The molecule has 1 saturated heterocycles. The molecule has 70 heavy (non-hydrogen) atoms. The first-order chi connectivity index (χ1) is 32.9. The Balaban J connectivity index is 1.39. The summed E-state index contributed by atoms with van der Waals surface area (Å²) in [5.74, 6) is -7.21. The molecule has 3 aromatic carbocycles. The van der Waals surface area contributed by atoms with Crippen LogP contribution in [0.3, 0.4) is 0 Å². The predicted molar refractivity (Wildman–Crippen MR) is 246 cm³/mol. The molecule has 18 nitrogen and oxygen atoms in total. The summed E-state index contributed by atoms with van der Waals surface area (Å²) in [5.41, 5.74) is -8.78. The minimum absolute atomic E-state index is 0.0273. The molecule has 0 spiro atoms. The van der Waals surface area contributed by atoms with E-state index in [-0.39, 0.29) is 35.3 Å². The van der Waals surface area contributed by atoms with Crippen molar-refractivity contribution < 1.29 is 77.3 Å². The molecule has 374 valence electrons. The van der Waals surface area contributed by atoms with Crippen LogP contribution in [-0.4, -0.2) is 124 Å². The molecule has 2 amide bonds. The standard InChI is InChI=1S/C52H60N2O16/c1-28-33(66-46(62)39(58)38(30-18-12-9-13-19-30)54-44(60)31-20-14-10-15-21-31)25-52(64)43(68-45(61)32-22-16-11-17-23-32)41-50(8,34(56)24-35-51(41,27-65-35)69-29(2)55)42(59)40(37(28)49(52,6)7)67-47(63)53-26-36(57)70-48(3,4)5/h9-23,33-35,38-41,43,56,58,64H,24-27H2,1-8H3,(H,53,63)(H,54,60)/t33-,34-,35+,38-,39+,40+,41-,43-,50+,51-,52+/m0/s1. The zero-order chi connectivity index (χ0) is 51.1. The second-order valence-electron chi connectivity index (χ2n) is 20.1. The van der Waals surface area contributed by atoms with Crippen molar-refractivity contribution in [3.63, 3.8) is 0 Å². The van der Waals surface area contributed by atoms with Crippen LogP contribution in [0.2, 0.25) is 0 Å². The smallest absolute Gasteiger partial charge is 0.408 e. The number of Topliss-reactive ketones (excluding diaryl/α,β-unsaturated/α-hetero) is 1. The van der Waals surface area contributed by atoms with Crippen molar-refractivity contribution in [2.24, 2.45) is 16.7 Å². The average Bonchev–Trinajstić information content (AvgIpc) is 3.30. The number of rotatable bonds is 12. The number of nitrogens with one attached hydrogen (secondary N) is 2. The van der Waals surface area contributed by atoms with Crippen molar-refractivity contribution in [1.29, 1.82) is 0 Å². The van der Waals surface area contributed by atoms with Gasteiger partial charge in [-0.1, -0.05) is 80.6 Å². The van der Waals surface area contributed by atoms with Gasteiger partial charge in [-0.25, -0.2) is 14.4 Å². The number of aliphatic hydroxyl groups is 3. The van der Waals surface area contributed by atoms with E-state index in [1.165, 1.54) is 39.8 Å². The Morgan fingerprint density at radius 2 is 1.44 bits per heavy atom. The number of ether oxygens (including phenoxy) is 6. The first-order valence-corrected chi connectivity index (χ1v) is 23.0. The highest BCUT2D eigenvalue weighted by atomic mass is 16.6. The third kappa shape index (κ3) is 9.44. The molecule has 2 saturated carbocycles. The van der Waals surface area contributed by atoms with Gasteiger partial charge < -0.3 is 54.4 Å². The summed E-state index contributed by atoms with van der Waals surface area (Å²) in [7, 11) is 0. The van der Waals surface area contributed by atoms with Gasteiger partial charge in [0.15, 0.2) is 23.6 Å². The van der Waals surface area contributed by atoms with Crippen molar-refractivity contribution >= 4 is 41.7 Å². The maximum atomic E-state index is 15.9. The fourth-order valence-corrected chi connectivity index (χ4v) is 10.7. The second-order valence-corrected chi connectivity index (χ2v) is 20.1. The van der Waals surface area contributed by atoms with Gasteiger partial charge in [0.05, 0.1) is 35.6 Å². The lowest BCUT2D eigenvalue weighted by Gasteiger charge is -2.67. The van der Waals surface area contributed by atoms with E-state index in [0.29, 0.717) is 5.56 Å². The van der Waals surface area contributed by atoms with Crippen LogP contribution in [0, 0.1) is 16.7 Å². The number of fused-ring (bicyclic) bond motifs is 5. The van der Waals surface area contributed by atoms with Gasteiger partial charge in [0.1, 0.15) is 36.1 Å². The zero-order valence-electron chi connectivity index (χ0n) is 40.3. The Labute approximate surface area is 405 Å². The number of amides is 2. The number of alkyl carbamates (subject to hydrolysis) is 1. The molecule has 0 aromatic heterocycles. The van der Waals surface area contributed by atoms with E-state index in [4.69, 9.17) is 28.4 Å². The van der Waals surface area contributed by atoms with Gasteiger partial charge in [-0.15, -0.1) is 0 Å². The fourth-order valence-electron chi connectivity index (χ4n) is 10.7. The van der Waals surface area contributed by atoms with Gasteiger partial charge in [0, 0.05) is 30.7 Å². The molecule has 0 unspecified atom stereocenters. The lowest BCUT2D eigenvalue weighted by Crippen LogP contribution is -2.82. The third-order valence-electron chi connectivity index (χ3n) is 14.2. The summed E-state index contributed by atoms with van der Waals surface area (Å²) in [6.45, 7) is 10.7. The van der Waals surface area contributed by atoms with E-state index in [2.05, 4.69) is 10.6 Å². The Hall–Kier alpha value is -6.47. The molecule has 5 N–H and O–H groups in total. The molecule has 1 aliphatic heterocycles. The SMILES string of the molecule is CC(=O)O[C@@]12CO[C@@H]1C[C@H](O)[C@@]1(C)C(=O)[C@H](OC(=O)NCC(=O)OC(C)(C)C)C3=C(C)[C@@H](OC(=O)[C@H](O)[C@@H](NC(=O)c4ccccc4)c4ccccc4)C[C@@](O)([C@@H](OC(=O)c4ccccc4)[C@H]21)C3(C)C. The van der Waals surface area contributed by atoms with Gasteiger partial charge in [0.2, 0.25) is 0 Å². The number of ketones is 1. The molecule has 3 aliphatic carbocycles. The van der Waals surface area contributed by atoms with Crippen LogP contribution in [0.5, 0.6) is 0 Å². The number of carbonyl (C=O) groups excluding carboxylic acids is 7. The Bertz CT molecular complexity index is 2540. The number of benzene rings is 3. The van der Waals surface area contributed by atoms with E-state index >= 15 is 4.79 Å². The summed E-state index contributed by atoms with van der Waals surface area (Å²) >= 11 is 0. The molecular weight excluding hydrogens is 909 g/mol. The predicted octanol–water partition coefficient (Wildman–Crippen LogP) is 4.24. The van der Waals surface area contributed by atoms with Crippen molar-refractivity contribution in [1.82, 2.24) is 10.6 Å². The molecule has 3 fully saturated rings. The molecule has 3 aromatic rings. The summed E-state index contributed by atoms with van der Waals surface area (Å²) in [6, 6.07) is 22.6. The molecule has 18 heteroatoms. The van der Waals surface area contributed by atoms with Crippen LogP contribution < -0.4 is 10.6 Å². The van der Waals surface area contributed by atoms with Crippen LogP contribution in [0.15, 0.2) is 102 Å². The normalized spacial score (nSPS) is 29.7. The average molecular weight is 969 g/mol. The van der Waals surface area contributed by atoms with Crippen molar-refractivity contribution in [3.8, 4) is 0 Å². The van der Waals surface area contributed by atoms with Crippen LogP contribution in [-0.2, 0) is 47.6 Å². The molecule has 1 heterocycles. The molecule has 7 rings (SSSR count). The van der Waals surface area contributed by atoms with E-state index in [1.807, 2.05) is 0 Å². The van der Waals surface area contributed by atoms with Crippen LogP contribution in [0.1, 0.15) is 101 Å². The van der Waals surface area contributed by atoms with E-state index in [9.17, 15) is 44.1 Å². The number of aliphatic hydroxyl groups excluding tert-OH is 2. The summed E-state index contributed by atoms with van der Waals surface area (Å²) in [6.07, 6.45) is -12.6. The number of hydrogen-bond acceptors (Lipinski definition) is 16. The largest absolute Gasteiger partial charge is 0.459 e. The first-order valence-electron chi connectivity index (χ1n) is 23.0. The lowest BCUT2D eigenvalue weighted by atomic mass is 9.44. The lowest BCUT2D eigenvalue weighted by molar-refractivity contribution is -0.345. The number of carbonyl (C=O) groups is 7. The molecule has 2 bridgehead atoms. The van der Waals surface area contributed by atoms with Crippen molar-refractivity contribution in [2.75, 3.05) is 13.2 Å². The fraction of sp³-hybridized carbons (Fsp3) is 0.481. The summed E-state index contributed by atoms with van der Waals surface area (Å²) < 4.78 is 35.9. The number of hydrogen-bond donors (Lipinski definition) is 5. The van der Waals surface area contributed by atoms with Crippen LogP contribution >= 0.6 is 0 Å². The zero-order valence-corrected chi connectivity index (χ0v) is 40.3. The minimum Gasteiger partial charge on any atom is -0.459 e. The van der Waals surface area contributed by atoms with Gasteiger partial charge in [-0.2, -0.15) is 0 Å². The number of esters is 4. The second kappa shape index (κ2) is 19.4. The van der Waals surface area contributed by atoms with Gasteiger partial charge >= 0.3 is 30.0 Å². The monoisotopic (exact) mass is 968 g/mol. The molecule has 0 radical (unpaired) electrons. The third-order valence-corrected chi connectivity index (χ3v) is 14.2. The summed E-state index contributed by atoms with van der Waals surface area (Å²) in [5, 5.41) is 43.1. The quantitative estimate of drug-likeness (QED) is 0.0966. The minimum atomic E-state index is -2.51. The van der Waals surface area contributed by atoms with Gasteiger partial charge in [-0.3, -0.25) is 19.2 Å². The van der Waals surface area contributed by atoms with E-state index in [0.717, 1.165) is 6.92 Å². The van der Waals surface area contributed by atoms with Crippen LogP contribution in [0.25, 0.3) is 0 Å². The van der Waals surface area contributed by atoms with Crippen molar-refractivity contribution in [2.45, 2.75) is 128 Å². The Morgan fingerprint density at radius 1 is 0.857 bits per heavy atom. The Morgan fingerprint density at radius 3 is 2.00 bits per heavy atom. The van der Waals surface area contributed by atoms with Crippen LogP contribution in [0.4, 0.5) is 4.79 Å². The molecule has 11 atom stereocenters. The molecule has 4 aliphatic rings. The highest BCUT2D eigenvalue weighted by Crippen LogP contribution is 2.64. The van der Waals surface area contributed by atoms with Gasteiger partial charge in [0.25, 0.3) is 5.91 Å². The van der Waals surface area contributed by atoms with E-state index < -0.39 is 131 Å². The topological polar surface area (TPSA) is 260 Å². The maximum Gasteiger partial charge on any atom is 0.408 e. The first kappa shape index (κ1) is 51.4. The summed E-state index contributed by atoms with van der Waals surface area (Å²) in [4.78, 5) is 98.2.